The molecule has 0 aromatic heterocycles. The lowest BCUT2D eigenvalue weighted by Gasteiger charge is -2.10. The summed E-state index contributed by atoms with van der Waals surface area (Å²) in [7, 11) is 0. The zero-order valence-corrected chi connectivity index (χ0v) is 13.1. The molecule has 2 nitrogen and oxygen atoms in total. The average molecular weight is 297 g/mol. The van der Waals surface area contributed by atoms with Crippen LogP contribution in [-0.2, 0) is 4.79 Å². The van der Waals surface area contributed by atoms with E-state index in [0.29, 0.717) is 5.92 Å². The van der Waals surface area contributed by atoms with Gasteiger partial charge < -0.3 is 5.32 Å². The maximum Gasteiger partial charge on any atom is 0.228 e. The van der Waals surface area contributed by atoms with Crippen molar-refractivity contribution in [1.82, 2.24) is 0 Å². The van der Waals surface area contributed by atoms with Crippen molar-refractivity contribution >= 4 is 23.4 Å². The van der Waals surface area contributed by atoms with Crippen molar-refractivity contribution in [3.05, 3.63) is 59.7 Å². The van der Waals surface area contributed by atoms with Gasteiger partial charge in [-0.25, -0.2) is 0 Å². The van der Waals surface area contributed by atoms with Crippen molar-refractivity contribution in [2.45, 2.75) is 24.2 Å². The average Bonchev–Trinajstić information content (AvgIpc) is 3.31. The molecule has 0 aliphatic heterocycles. The van der Waals surface area contributed by atoms with E-state index in [1.54, 1.807) is 11.8 Å². The predicted octanol–water partition coefficient (Wildman–Crippen LogP) is 4.46. The van der Waals surface area contributed by atoms with Gasteiger partial charge in [-0.3, -0.25) is 4.79 Å². The summed E-state index contributed by atoms with van der Waals surface area (Å²) in [5.41, 5.74) is 3.32. The van der Waals surface area contributed by atoms with E-state index in [0.717, 1.165) is 17.7 Å². The first-order valence-corrected chi connectivity index (χ1v) is 8.42. The van der Waals surface area contributed by atoms with E-state index in [1.165, 1.54) is 10.5 Å². The molecule has 1 saturated carbocycles. The highest BCUT2D eigenvalue weighted by Crippen LogP contribution is 2.48. The number of anilines is 1. The molecule has 0 bridgehead atoms. The molecule has 21 heavy (non-hydrogen) atoms. The minimum Gasteiger partial charge on any atom is -0.326 e. The molecule has 0 unspecified atom stereocenters. The molecule has 1 N–H and O–H groups in total. The molecule has 0 radical (unpaired) electrons. The van der Waals surface area contributed by atoms with E-state index in [1.807, 2.05) is 31.4 Å². The lowest BCUT2D eigenvalue weighted by molar-refractivity contribution is -0.117. The molecule has 1 aliphatic carbocycles. The molecule has 2 atom stereocenters. The van der Waals surface area contributed by atoms with Crippen LogP contribution in [0.3, 0.4) is 0 Å². The fraction of sp³-hybridized carbons (Fsp3) is 0.278. The highest BCUT2D eigenvalue weighted by Gasteiger charge is 2.43. The van der Waals surface area contributed by atoms with Crippen molar-refractivity contribution in [2.24, 2.45) is 5.92 Å². The number of aryl methyl sites for hydroxylation is 1. The molecule has 1 fully saturated rings. The van der Waals surface area contributed by atoms with Crippen LogP contribution < -0.4 is 5.32 Å². The SMILES string of the molecule is CSc1ccc(C)c(NC(=O)[C@@H]2C[C@@H]2c2ccccc2)c1. The Morgan fingerprint density at radius 1 is 1.19 bits per heavy atom. The smallest absolute Gasteiger partial charge is 0.228 e. The number of thioether (sulfide) groups is 1. The minimum atomic E-state index is 0.115. The van der Waals surface area contributed by atoms with Crippen LogP contribution >= 0.6 is 11.8 Å². The summed E-state index contributed by atoms with van der Waals surface area (Å²) in [5.74, 6) is 0.644. The fourth-order valence-electron chi connectivity index (χ4n) is 2.64. The van der Waals surface area contributed by atoms with Crippen LogP contribution in [0.5, 0.6) is 0 Å². The third-order valence-electron chi connectivity index (χ3n) is 4.06. The molecule has 0 spiro atoms. The van der Waals surface area contributed by atoms with E-state index in [4.69, 9.17) is 0 Å². The molecule has 0 heterocycles. The fourth-order valence-corrected chi connectivity index (χ4v) is 3.08. The van der Waals surface area contributed by atoms with Crippen LogP contribution in [0.4, 0.5) is 5.69 Å². The largest absolute Gasteiger partial charge is 0.326 e. The van der Waals surface area contributed by atoms with Crippen molar-refractivity contribution in [3.63, 3.8) is 0 Å². The summed E-state index contributed by atoms with van der Waals surface area (Å²) in [6.45, 7) is 2.03. The number of rotatable bonds is 4. The van der Waals surface area contributed by atoms with Crippen LogP contribution in [0.2, 0.25) is 0 Å². The second kappa shape index (κ2) is 5.94. The third kappa shape index (κ3) is 3.13. The minimum absolute atomic E-state index is 0.115. The number of nitrogens with one attached hydrogen (secondary N) is 1. The van der Waals surface area contributed by atoms with Gasteiger partial charge in [0.1, 0.15) is 0 Å². The second-order valence-corrected chi connectivity index (χ2v) is 6.41. The molecule has 1 amide bonds. The van der Waals surface area contributed by atoms with Gasteiger partial charge in [-0.2, -0.15) is 0 Å². The molecule has 3 heteroatoms. The van der Waals surface area contributed by atoms with E-state index >= 15 is 0 Å². The Hall–Kier alpha value is -1.74. The van der Waals surface area contributed by atoms with Gasteiger partial charge in [0.2, 0.25) is 5.91 Å². The van der Waals surface area contributed by atoms with Crippen molar-refractivity contribution in [3.8, 4) is 0 Å². The van der Waals surface area contributed by atoms with Crippen LogP contribution in [0.15, 0.2) is 53.4 Å². The first kappa shape index (κ1) is 14.2. The normalized spacial score (nSPS) is 20.1. The number of hydrogen-bond acceptors (Lipinski definition) is 2. The van der Waals surface area contributed by atoms with Gasteiger partial charge in [-0.05, 0) is 48.8 Å². The zero-order valence-electron chi connectivity index (χ0n) is 12.3. The Morgan fingerprint density at radius 3 is 2.67 bits per heavy atom. The summed E-state index contributed by atoms with van der Waals surface area (Å²) in [6.07, 6.45) is 3.00. The number of amides is 1. The Bertz CT molecular complexity index is 654. The molecule has 1 aliphatic rings. The van der Waals surface area contributed by atoms with Crippen molar-refractivity contribution < 1.29 is 4.79 Å². The highest BCUT2D eigenvalue weighted by atomic mass is 32.2. The zero-order chi connectivity index (χ0) is 14.8. The lowest BCUT2D eigenvalue weighted by atomic mass is 10.1. The summed E-state index contributed by atoms with van der Waals surface area (Å²) in [6, 6.07) is 16.5. The number of hydrogen-bond donors (Lipinski definition) is 1. The topological polar surface area (TPSA) is 29.1 Å². The molecule has 2 aromatic carbocycles. The molecule has 2 aromatic rings. The number of benzene rings is 2. The first-order valence-electron chi connectivity index (χ1n) is 7.19. The first-order chi connectivity index (χ1) is 10.2. The lowest BCUT2D eigenvalue weighted by Crippen LogP contribution is -2.15. The van der Waals surface area contributed by atoms with Gasteiger partial charge >= 0.3 is 0 Å². The summed E-state index contributed by atoms with van der Waals surface area (Å²) < 4.78 is 0. The van der Waals surface area contributed by atoms with Gasteiger partial charge in [0, 0.05) is 16.5 Å². The summed E-state index contributed by atoms with van der Waals surface area (Å²) in [4.78, 5) is 13.6. The monoisotopic (exact) mass is 297 g/mol. The van der Waals surface area contributed by atoms with E-state index in [-0.39, 0.29) is 11.8 Å². The number of carbonyl (C=O) groups is 1. The Labute approximate surface area is 130 Å². The van der Waals surface area contributed by atoms with Crippen LogP contribution in [0, 0.1) is 12.8 Å². The third-order valence-corrected chi connectivity index (χ3v) is 4.78. The molecular weight excluding hydrogens is 278 g/mol. The second-order valence-electron chi connectivity index (χ2n) is 5.53. The van der Waals surface area contributed by atoms with Crippen LogP contribution in [-0.4, -0.2) is 12.2 Å². The van der Waals surface area contributed by atoms with E-state index < -0.39 is 0 Å². The van der Waals surface area contributed by atoms with Crippen molar-refractivity contribution in [2.75, 3.05) is 11.6 Å². The Balaban J connectivity index is 1.68. The van der Waals surface area contributed by atoms with Gasteiger partial charge in [0.15, 0.2) is 0 Å². The van der Waals surface area contributed by atoms with E-state index in [9.17, 15) is 4.79 Å². The van der Waals surface area contributed by atoms with Gasteiger partial charge in [0.25, 0.3) is 0 Å². The Morgan fingerprint density at radius 2 is 1.95 bits per heavy atom. The number of carbonyl (C=O) groups excluding carboxylic acids is 1. The Kier molecular flexibility index (Phi) is 4.02. The van der Waals surface area contributed by atoms with Crippen LogP contribution in [0.1, 0.15) is 23.5 Å². The standard InChI is InChI=1S/C18H19NOS/c1-12-8-9-14(21-2)10-17(12)19-18(20)16-11-15(16)13-6-4-3-5-7-13/h3-10,15-16H,11H2,1-2H3,(H,19,20)/t15-,16-/m1/s1. The van der Waals surface area contributed by atoms with Crippen LogP contribution in [0.25, 0.3) is 0 Å². The van der Waals surface area contributed by atoms with Gasteiger partial charge in [-0.15, -0.1) is 11.8 Å². The van der Waals surface area contributed by atoms with Crippen molar-refractivity contribution in [1.29, 1.82) is 0 Å². The quantitative estimate of drug-likeness (QED) is 0.844. The maximum absolute atomic E-state index is 12.4. The predicted molar refractivity (Wildman–Crippen MR) is 88.9 cm³/mol. The summed E-state index contributed by atoms with van der Waals surface area (Å²) >= 11 is 1.69. The molecule has 0 saturated heterocycles. The molecular formula is C18H19NOS. The summed E-state index contributed by atoms with van der Waals surface area (Å²) in [5, 5.41) is 3.09. The maximum atomic E-state index is 12.4. The van der Waals surface area contributed by atoms with Gasteiger partial charge in [-0.1, -0.05) is 36.4 Å². The molecule has 108 valence electrons. The highest BCUT2D eigenvalue weighted by molar-refractivity contribution is 7.98. The van der Waals surface area contributed by atoms with Gasteiger partial charge in [0.05, 0.1) is 0 Å². The molecule has 3 rings (SSSR count). The van der Waals surface area contributed by atoms with E-state index in [2.05, 4.69) is 35.6 Å².